The number of pyridine rings is 1. The van der Waals surface area contributed by atoms with E-state index in [1.54, 1.807) is 7.11 Å². The first-order valence-corrected chi connectivity index (χ1v) is 7.01. The van der Waals surface area contributed by atoms with Crippen molar-refractivity contribution >= 4 is 21.8 Å². The lowest BCUT2D eigenvalue weighted by atomic mass is 10.2. The van der Waals surface area contributed by atoms with E-state index < -0.39 is 0 Å². The van der Waals surface area contributed by atoms with Crippen molar-refractivity contribution < 1.29 is 4.74 Å². The molecule has 104 valence electrons. The Morgan fingerprint density at radius 2 is 2.05 bits per heavy atom. The Morgan fingerprint density at radius 3 is 2.85 bits per heavy atom. The lowest BCUT2D eigenvalue weighted by Gasteiger charge is -2.10. The summed E-state index contributed by atoms with van der Waals surface area (Å²) in [6.07, 6.45) is 6.06. The van der Waals surface area contributed by atoms with Crippen molar-refractivity contribution in [2.24, 2.45) is 0 Å². The quantitative estimate of drug-likeness (QED) is 0.720. The summed E-state index contributed by atoms with van der Waals surface area (Å²) >= 11 is 0. The first kappa shape index (κ1) is 12.8. The summed E-state index contributed by atoms with van der Waals surface area (Å²) in [4.78, 5) is 4.25. The van der Waals surface area contributed by atoms with Crippen LogP contribution in [-0.4, -0.2) is 23.3 Å². The second kappa shape index (κ2) is 5.41. The van der Waals surface area contributed by atoms with Gasteiger partial charge in [-0.15, -0.1) is 0 Å². The van der Waals surface area contributed by atoms with Crippen molar-refractivity contribution in [3.63, 3.8) is 0 Å². The highest BCUT2D eigenvalue weighted by atomic mass is 16.5. The molecular weight excluding hydrogens is 250 g/mol. The van der Waals surface area contributed by atoms with E-state index in [-0.39, 0.29) is 0 Å². The Kier molecular flexibility index (Phi) is 3.46. The molecule has 0 unspecified atom stereocenters. The van der Waals surface area contributed by atoms with Gasteiger partial charge >= 0.3 is 0 Å². The molecular formula is C16H19N3O. The van der Waals surface area contributed by atoms with Crippen molar-refractivity contribution in [2.45, 2.75) is 19.8 Å². The number of fused-ring (bicyclic) bond motifs is 3. The molecule has 3 rings (SSSR count). The number of ether oxygens (including phenoxy) is 1. The fourth-order valence-corrected chi connectivity index (χ4v) is 2.51. The van der Waals surface area contributed by atoms with Crippen LogP contribution in [0, 0.1) is 0 Å². The summed E-state index contributed by atoms with van der Waals surface area (Å²) in [5, 5.41) is 2.42. The predicted molar refractivity (Wildman–Crippen MR) is 82.9 cm³/mol. The van der Waals surface area contributed by atoms with Gasteiger partial charge in [0.15, 0.2) is 0 Å². The van der Waals surface area contributed by atoms with Crippen molar-refractivity contribution in [1.29, 1.82) is 0 Å². The van der Waals surface area contributed by atoms with E-state index in [1.165, 1.54) is 17.2 Å². The Hall–Kier alpha value is -2.23. The average molecular weight is 269 g/mol. The van der Waals surface area contributed by atoms with Crippen molar-refractivity contribution in [2.75, 3.05) is 19.1 Å². The Morgan fingerprint density at radius 1 is 1.20 bits per heavy atom. The zero-order valence-corrected chi connectivity index (χ0v) is 11.9. The number of unbranched alkanes of at least 4 members (excludes halogenated alkanes) is 1. The number of hydrogen-bond acceptors (Lipinski definition) is 3. The molecule has 0 saturated heterocycles. The number of nitrogens with zero attached hydrogens (tertiary/aromatic N) is 2. The normalized spacial score (nSPS) is 11.1. The molecule has 1 aromatic carbocycles. The molecule has 0 aliphatic rings. The topological polar surface area (TPSA) is 39.1 Å². The van der Waals surface area contributed by atoms with E-state index in [0.717, 1.165) is 29.7 Å². The van der Waals surface area contributed by atoms with E-state index in [2.05, 4.69) is 40.2 Å². The third kappa shape index (κ3) is 2.07. The summed E-state index contributed by atoms with van der Waals surface area (Å²) in [5.41, 5.74) is 5.72. The minimum absolute atomic E-state index is 0.867. The van der Waals surface area contributed by atoms with Gasteiger partial charge in [-0.2, -0.15) is 0 Å². The second-order valence-corrected chi connectivity index (χ2v) is 4.87. The number of aromatic nitrogens is 2. The van der Waals surface area contributed by atoms with Crippen molar-refractivity contribution in [3.05, 3.63) is 36.7 Å². The third-order valence-corrected chi connectivity index (χ3v) is 3.58. The molecule has 0 bridgehead atoms. The summed E-state index contributed by atoms with van der Waals surface area (Å²) in [6.45, 7) is 3.14. The molecule has 0 spiro atoms. The van der Waals surface area contributed by atoms with Gasteiger partial charge in [-0.05, 0) is 24.6 Å². The first-order chi connectivity index (χ1) is 9.85. The van der Waals surface area contributed by atoms with E-state index in [9.17, 15) is 0 Å². The summed E-state index contributed by atoms with van der Waals surface area (Å²) < 4.78 is 7.46. The molecule has 0 fully saturated rings. The van der Waals surface area contributed by atoms with Gasteiger partial charge in [-0.3, -0.25) is 9.66 Å². The van der Waals surface area contributed by atoms with E-state index >= 15 is 0 Å². The Bertz CT molecular complexity index is 733. The standard InChI is InChI=1S/C16H19N3O/c1-3-4-8-18-19-15-10-12(20-2)5-6-13(15)14-7-9-17-11-16(14)19/h5-7,9-11,18H,3-4,8H2,1-2H3. The fraction of sp³-hybridized carbons (Fsp3) is 0.312. The van der Waals surface area contributed by atoms with Crippen LogP contribution in [0.5, 0.6) is 5.75 Å². The molecule has 20 heavy (non-hydrogen) atoms. The lowest BCUT2D eigenvalue weighted by molar-refractivity contribution is 0.415. The van der Waals surface area contributed by atoms with Crippen LogP contribution in [0.25, 0.3) is 21.8 Å². The SMILES string of the molecule is CCCCNn1c2cnccc2c2ccc(OC)cc21. The van der Waals surface area contributed by atoms with Gasteiger partial charge < -0.3 is 10.2 Å². The summed E-state index contributed by atoms with van der Waals surface area (Å²) in [6, 6.07) is 8.23. The van der Waals surface area contributed by atoms with Gasteiger partial charge in [-0.1, -0.05) is 13.3 Å². The highest BCUT2D eigenvalue weighted by Crippen LogP contribution is 2.30. The molecule has 2 heterocycles. The number of methoxy groups -OCH3 is 1. The van der Waals surface area contributed by atoms with Gasteiger partial charge in [0.25, 0.3) is 0 Å². The van der Waals surface area contributed by atoms with Crippen LogP contribution in [0.4, 0.5) is 0 Å². The van der Waals surface area contributed by atoms with Gasteiger partial charge in [0.1, 0.15) is 5.75 Å². The first-order valence-electron chi connectivity index (χ1n) is 7.01. The molecule has 4 nitrogen and oxygen atoms in total. The van der Waals surface area contributed by atoms with Crippen LogP contribution in [0.15, 0.2) is 36.7 Å². The molecule has 0 saturated carbocycles. The van der Waals surface area contributed by atoms with Gasteiger partial charge in [0, 0.05) is 29.6 Å². The average Bonchev–Trinajstić information content (AvgIpc) is 2.81. The molecule has 3 aromatic rings. The third-order valence-electron chi connectivity index (χ3n) is 3.58. The van der Waals surface area contributed by atoms with E-state index in [4.69, 9.17) is 4.74 Å². The van der Waals surface area contributed by atoms with Crippen LogP contribution < -0.4 is 10.2 Å². The highest BCUT2D eigenvalue weighted by Gasteiger charge is 2.11. The summed E-state index contributed by atoms with van der Waals surface area (Å²) in [5.74, 6) is 0.867. The van der Waals surface area contributed by atoms with Crippen molar-refractivity contribution in [3.8, 4) is 5.75 Å². The molecule has 0 amide bonds. The minimum atomic E-state index is 0.867. The number of benzene rings is 1. The molecule has 0 aliphatic heterocycles. The fourth-order valence-electron chi connectivity index (χ4n) is 2.51. The van der Waals surface area contributed by atoms with Crippen LogP contribution in [0.3, 0.4) is 0 Å². The Labute approximate surface area is 118 Å². The Balaban J connectivity index is 2.19. The molecule has 4 heteroatoms. The monoisotopic (exact) mass is 269 g/mol. The van der Waals surface area contributed by atoms with Crippen LogP contribution in [-0.2, 0) is 0 Å². The lowest BCUT2D eigenvalue weighted by Crippen LogP contribution is -2.15. The maximum Gasteiger partial charge on any atom is 0.121 e. The van der Waals surface area contributed by atoms with E-state index in [1.807, 2.05) is 18.5 Å². The number of rotatable bonds is 5. The molecule has 2 aromatic heterocycles. The molecule has 0 aliphatic carbocycles. The van der Waals surface area contributed by atoms with Gasteiger partial charge in [-0.25, -0.2) is 0 Å². The van der Waals surface area contributed by atoms with Crippen molar-refractivity contribution in [1.82, 2.24) is 9.66 Å². The van der Waals surface area contributed by atoms with Gasteiger partial charge in [0.05, 0.1) is 24.3 Å². The van der Waals surface area contributed by atoms with Crippen LogP contribution in [0.2, 0.25) is 0 Å². The maximum absolute atomic E-state index is 5.34. The molecule has 0 atom stereocenters. The summed E-state index contributed by atoms with van der Waals surface area (Å²) in [7, 11) is 1.69. The number of hydrogen-bond donors (Lipinski definition) is 1. The van der Waals surface area contributed by atoms with Crippen LogP contribution in [0.1, 0.15) is 19.8 Å². The zero-order valence-electron chi connectivity index (χ0n) is 11.9. The molecule has 1 N–H and O–H groups in total. The smallest absolute Gasteiger partial charge is 0.121 e. The molecule has 0 radical (unpaired) electrons. The second-order valence-electron chi connectivity index (χ2n) is 4.87. The largest absolute Gasteiger partial charge is 0.497 e. The predicted octanol–water partition coefficient (Wildman–Crippen LogP) is 3.54. The highest BCUT2D eigenvalue weighted by molar-refractivity contribution is 6.08. The number of nitrogens with one attached hydrogen (secondary N) is 1. The van der Waals surface area contributed by atoms with Crippen LogP contribution >= 0.6 is 0 Å². The maximum atomic E-state index is 5.34. The van der Waals surface area contributed by atoms with Gasteiger partial charge in [0.2, 0.25) is 0 Å². The minimum Gasteiger partial charge on any atom is -0.497 e. The van der Waals surface area contributed by atoms with E-state index in [0.29, 0.717) is 0 Å². The zero-order chi connectivity index (χ0) is 13.9.